The zero-order chi connectivity index (χ0) is 19.8. The number of carbonyl (C=O) groups excluding carboxylic acids is 1. The summed E-state index contributed by atoms with van der Waals surface area (Å²) in [6, 6.07) is 7.43. The lowest BCUT2D eigenvalue weighted by Gasteiger charge is -2.07. The molecule has 1 aromatic carbocycles. The molecule has 2 aromatic heterocycles. The van der Waals surface area contributed by atoms with Crippen LogP contribution in [0.4, 0.5) is 5.95 Å². The molecule has 0 radical (unpaired) electrons. The number of amides is 1. The number of aromatic nitrogens is 4. The summed E-state index contributed by atoms with van der Waals surface area (Å²) in [5.41, 5.74) is 11.1. The van der Waals surface area contributed by atoms with Crippen molar-refractivity contribution in [3.05, 3.63) is 41.7 Å². The Bertz CT molecular complexity index is 1080. The van der Waals surface area contributed by atoms with Gasteiger partial charge in [0.2, 0.25) is 5.95 Å². The highest BCUT2D eigenvalue weighted by Crippen LogP contribution is 2.24. The van der Waals surface area contributed by atoms with E-state index in [-0.39, 0.29) is 11.9 Å². The SMILES string of the molecule is CN(C)C(=O)c1nn(-c2ccnc(N)n2)c2cc(C#C[Si](C)(C)C)ccc12. The molecule has 0 aliphatic rings. The molecule has 1 amide bonds. The second-order valence-corrected chi connectivity index (χ2v) is 12.2. The monoisotopic (exact) mass is 378 g/mol. The Balaban J connectivity index is 2.25. The van der Waals surface area contributed by atoms with E-state index in [1.54, 1.807) is 31.0 Å². The van der Waals surface area contributed by atoms with Gasteiger partial charge in [-0.05, 0) is 18.2 Å². The van der Waals surface area contributed by atoms with Crippen molar-refractivity contribution in [2.24, 2.45) is 0 Å². The van der Waals surface area contributed by atoms with Crippen LogP contribution >= 0.6 is 0 Å². The largest absolute Gasteiger partial charge is 0.368 e. The van der Waals surface area contributed by atoms with Crippen molar-refractivity contribution in [2.75, 3.05) is 19.8 Å². The van der Waals surface area contributed by atoms with Gasteiger partial charge >= 0.3 is 0 Å². The van der Waals surface area contributed by atoms with Crippen LogP contribution < -0.4 is 5.73 Å². The van der Waals surface area contributed by atoms with Crippen molar-refractivity contribution in [3.8, 4) is 17.3 Å². The Hall–Kier alpha value is -3.18. The van der Waals surface area contributed by atoms with Crippen molar-refractivity contribution in [1.82, 2.24) is 24.6 Å². The lowest BCUT2D eigenvalue weighted by Crippen LogP contribution is -2.22. The number of anilines is 1. The van der Waals surface area contributed by atoms with E-state index in [0.717, 1.165) is 16.5 Å². The number of rotatable bonds is 2. The van der Waals surface area contributed by atoms with Crippen molar-refractivity contribution in [1.29, 1.82) is 0 Å². The fourth-order valence-corrected chi connectivity index (χ4v) is 3.00. The predicted molar refractivity (Wildman–Crippen MR) is 109 cm³/mol. The summed E-state index contributed by atoms with van der Waals surface area (Å²) in [5, 5.41) is 5.25. The Kier molecular flexibility index (Phi) is 4.72. The average Bonchev–Trinajstić information content (AvgIpc) is 2.97. The van der Waals surface area contributed by atoms with Crippen molar-refractivity contribution < 1.29 is 4.79 Å². The van der Waals surface area contributed by atoms with Crippen LogP contribution in [0, 0.1) is 11.5 Å². The molecule has 0 aliphatic heterocycles. The van der Waals surface area contributed by atoms with Gasteiger partial charge < -0.3 is 10.6 Å². The van der Waals surface area contributed by atoms with E-state index in [0.29, 0.717) is 11.5 Å². The minimum Gasteiger partial charge on any atom is -0.368 e. The second-order valence-electron chi connectivity index (χ2n) is 7.46. The van der Waals surface area contributed by atoms with Crippen LogP contribution in [-0.4, -0.2) is 52.7 Å². The fraction of sp³-hybridized carbons (Fsp3) is 0.263. The highest BCUT2D eigenvalue weighted by atomic mass is 28.3. The molecule has 0 spiro atoms. The normalized spacial score (nSPS) is 11.1. The maximum absolute atomic E-state index is 12.6. The molecule has 2 heterocycles. The first kappa shape index (κ1) is 18.6. The Morgan fingerprint density at radius 2 is 1.96 bits per heavy atom. The van der Waals surface area contributed by atoms with E-state index in [1.165, 1.54) is 4.90 Å². The van der Waals surface area contributed by atoms with Gasteiger partial charge in [0, 0.05) is 37.3 Å². The quantitative estimate of drug-likeness (QED) is 0.546. The predicted octanol–water partition coefficient (Wildman–Crippen LogP) is 2.33. The molecule has 0 bridgehead atoms. The van der Waals surface area contributed by atoms with Crippen LogP contribution in [0.15, 0.2) is 30.5 Å². The summed E-state index contributed by atoms with van der Waals surface area (Å²) in [7, 11) is 1.89. The molecule has 3 rings (SSSR count). The van der Waals surface area contributed by atoms with Gasteiger partial charge in [-0.2, -0.15) is 10.1 Å². The van der Waals surface area contributed by atoms with Gasteiger partial charge in [-0.15, -0.1) is 5.54 Å². The van der Waals surface area contributed by atoms with Crippen molar-refractivity contribution >= 4 is 30.8 Å². The lowest BCUT2D eigenvalue weighted by molar-refractivity contribution is 0.0823. The maximum Gasteiger partial charge on any atom is 0.274 e. The van der Waals surface area contributed by atoms with Crippen LogP contribution in [0.3, 0.4) is 0 Å². The van der Waals surface area contributed by atoms with Gasteiger partial charge in [-0.3, -0.25) is 4.79 Å². The summed E-state index contributed by atoms with van der Waals surface area (Å²) < 4.78 is 1.61. The number of carbonyl (C=O) groups is 1. The number of fused-ring (bicyclic) bond motifs is 1. The smallest absolute Gasteiger partial charge is 0.274 e. The van der Waals surface area contributed by atoms with Gasteiger partial charge in [-0.25, -0.2) is 9.67 Å². The van der Waals surface area contributed by atoms with Crippen LogP contribution in [-0.2, 0) is 0 Å². The zero-order valence-corrected chi connectivity index (χ0v) is 17.1. The number of nitrogens with zero attached hydrogens (tertiary/aromatic N) is 5. The van der Waals surface area contributed by atoms with Gasteiger partial charge in [0.25, 0.3) is 5.91 Å². The molecule has 138 valence electrons. The van der Waals surface area contributed by atoms with Crippen LogP contribution in [0.2, 0.25) is 19.6 Å². The zero-order valence-electron chi connectivity index (χ0n) is 16.1. The summed E-state index contributed by atoms with van der Waals surface area (Å²) in [5.74, 6) is 3.71. The molecular weight excluding hydrogens is 356 g/mol. The Morgan fingerprint density at radius 1 is 1.22 bits per heavy atom. The molecule has 0 saturated heterocycles. The number of nitrogens with two attached hydrogens (primary N) is 1. The fourth-order valence-electron chi connectivity index (χ4n) is 2.48. The van der Waals surface area contributed by atoms with E-state index in [2.05, 4.69) is 46.2 Å². The van der Waals surface area contributed by atoms with E-state index in [1.807, 2.05) is 18.2 Å². The first-order valence-corrected chi connectivity index (χ1v) is 12.0. The first-order valence-electron chi connectivity index (χ1n) is 8.52. The third kappa shape index (κ3) is 3.98. The van der Waals surface area contributed by atoms with E-state index < -0.39 is 8.07 Å². The van der Waals surface area contributed by atoms with Crippen molar-refractivity contribution in [2.45, 2.75) is 19.6 Å². The molecular formula is C19H22N6OSi. The Morgan fingerprint density at radius 3 is 2.59 bits per heavy atom. The molecule has 8 heteroatoms. The minimum absolute atomic E-state index is 0.145. The third-order valence-electron chi connectivity index (χ3n) is 3.75. The first-order chi connectivity index (χ1) is 12.7. The van der Waals surface area contributed by atoms with Gasteiger partial charge in [0.15, 0.2) is 11.5 Å². The van der Waals surface area contributed by atoms with Crippen LogP contribution in [0.1, 0.15) is 16.1 Å². The summed E-state index contributed by atoms with van der Waals surface area (Å²) >= 11 is 0. The lowest BCUT2D eigenvalue weighted by atomic mass is 10.1. The molecule has 0 unspecified atom stereocenters. The number of hydrogen-bond acceptors (Lipinski definition) is 5. The topological polar surface area (TPSA) is 89.9 Å². The summed E-state index contributed by atoms with van der Waals surface area (Å²) in [4.78, 5) is 22.2. The molecule has 2 N–H and O–H groups in total. The molecule has 27 heavy (non-hydrogen) atoms. The minimum atomic E-state index is -1.50. The highest BCUT2D eigenvalue weighted by molar-refractivity contribution is 6.83. The van der Waals surface area contributed by atoms with Gasteiger partial charge in [0.05, 0.1) is 5.52 Å². The second kappa shape index (κ2) is 6.85. The van der Waals surface area contributed by atoms with Crippen LogP contribution in [0.25, 0.3) is 16.7 Å². The third-order valence-corrected chi connectivity index (χ3v) is 4.62. The average molecular weight is 379 g/mol. The molecule has 7 nitrogen and oxygen atoms in total. The van der Waals surface area contributed by atoms with Crippen LogP contribution in [0.5, 0.6) is 0 Å². The van der Waals surface area contributed by atoms with Gasteiger partial charge in [-0.1, -0.05) is 25.6 Å². The number of nitrogen functional groups attached to an aromatic ring is 1. The van der Waals surface area contributed by atoms with Gasteiger partial charge in [0.1, 0.15) is 8.07 Å². The molecule has 0 aliphatic carbocycles. The maximum atomic E-state index is 12.6. The van der Waals surface area contributed by atoms with E-state index >= 15 is 0 Å². The number of benzene rings is 1. The van der Waals surface area contributed by atoms with Crippen molar-refractivity contribution in [3.63, 3.8) is 0 Å². The van der Waals surface area contributed by atoms with E-state index in [4.69, 9.17) is 5.73 Å². The number of hydrogen-bond donors (Lipinski definition) is 1. The van der Waals surface area contributed by atoms with E-state index in [9.17, 15) is 4.79 Å². The standard InChI is InChI=1S/C19H22N6OSi/c1-24(2)18(26)17-14-7-6-13(9-11-27(3,4)5)12-15(14)25(23-17)16-8-10-21-19(20)22-16/h6-8,10,12H,1-5H3,(H2,20,21,22). The Labute approximate surface area is 159 Å². The molecule has 0 fully saturated rings. The highest BCUT2D eigenvalue weighted by Gasteiger charge is 2.20. The molecule has 0 saturated carbocycles. The molecule has 0 atom stereocenters. The summed E-state index contributed by atoms with van der Waals surface area (Å²) in [6.45, 7) is 6.58. The summed E-state index contributed by atoms with van der Waals surface area (Å²) in [6.07, 6.45) is 1.56. The molecule has 3 aromatic rings.